The van der Waals surface area contributed by atoms with Gasteiger partial charge in [0.05, 0.1) is 11.8 Å². The summed E-state index contributed by atoms with van der Waals surface area (Å²) in [5, 5.41) is 2.70. The molecule has 0 saturated carbocycles. The number of carbonyl (C=O) groups is 1. The van der Waals surface area contributed by atoms with Crippen LogP contribution in [0.1, 0.15) is 32.5 Å². The van der Waals surface area contributed by atoms with Crippen LogP contribution < -0.4 is 10.0 Å². The number of rotatable bonds is 9. The van der Waals surface area contributed by atoms with Gasteiger partial charge in [-0.25, -0.2) is 18.1 Å². The molecule has 1 rings (SSSR count). The van der Waals surface area contributed by atoms with Crippen LogP contribution >= 0.6 is 0 Å². The van der Waals surface area contributed by atoms with Crippen molar-refractivity contribution in [3.05, 3.63) is 18.2 Å². The lowest BCUT2D eigenvalue weighted by molar-refractivity contribution is -0.122. The highest BCUT2D eigenvalue weighted by atomic mass is 32.2. The second-order valence-corrected chi connectivity index (χ2v) is 6.46. The summed E-state index contributed by atoms with van der Waals surface area (Å²) in [6.07, 6.45) is 5.43. The first kappa shape index (κ1) is 16.6. The van der Waals surface area contributed by atoms with Crippen molar-refractivity contribution in [1.29, 1.82) is 0 Å². The normalized spacial score (nSPS) is 13.1. The molecule has 0 saturated heterocycles. The molecule has 3 N–H and O–H groups in total. The summed E-state index contributed by atoms with van der Waals surface area (Å²) in [4.78, 5) is 18.8. The molecule has 1 aromatic heterocycles. The Morgan fingerprint density at radius 3 is 2.85 bits per heavy atom. The Bertz CT molecular complexity index is 499. The van der Waals surface area contributed by atoms with E-state index in [4.69, 9.17) is 0 Å². The van der Waals surface area contributed by atoms with Crippen LogP contribution in [0.4, 0.5) is 0 Å². The van der Waals surface area contributed by atoms with Gasteiger partial charge in [0.1, 0.15) is 5.82 Å². The maximum absolute atomic E-state index is 11.7. The molecule has 20 heavy (non-hydrogen) atoms. The van der Waals surface area contributed by atoms with Crippen molar-refractivity contribution in [3.63, 3.8) is 0 Å². The zero-order valence-electron chi connectivity index (χ0n) is 11.8. The van der Waals surface area contributed by atoms with Gasteiger partial charge in [-0.2, -0.15) is 0 Å². The number of sulfonamides is 1. The number of hydrogen-bond acceptors (Lipinski definition) is 4. The average Bonchev–Trinajstić information content (AvgIpc) is 2.86. The van der Waals surface area contributed by atoms with E-state index in [0.29, 0.717) is 13.0 Å². The van der Waals surface area contributed by atoms with E-state index in [1.54, 1.807) is 19.3 Å². The van der Waals surface area contributed by atoms with E-state index < -0.39 is 16.1 Å². The molecular weight excluding hydrogens is 280 g/mol. The van der Waals surface area contributed by atoms with E-state index in [0.717, 1.165) is 18.7 Å². The predicted molar refractivity (Wildman–Crippen MR) is 76.6 cm³/mol. The van der Waals surface area contributed by atoms with Crippen LogP contribution in [0.5, 0.6) is 0 Å². The fraction of sp³-hybridized carbons (Fsp3) is 0.667. The van der Waals surface area contributed by atoms with Gasteiger partial charge in [-0.05, 0) is 19.8 Å². The van der Waals surface area contributed by atoms with E-state index in [9.17, 15) is 13.2 Å². The first-order valence-corrected chi connectivity index (χ1v) is 8.36. The van der Waals surface area contributed by atoms with E-state index in [1.165, 1.54) is 6.92 Å². The third kappa shape index (κ3) is 6.16. The maximum Gasteiger partial charge on any atom is 0.237 e. The smallest absolute Gasteiger partial charge is 0.237 e. The zero-order valence-corrected chi connectivity index (χ0v) is 12.7. The Balaban J connectivity index is 2.24. The number of hydrogen-bond donors (Lipinski definition) is 3. The maximum atomic E-state index is 11.7. The van der Waals surface area contributed by atoms with Crippen molar-refractivity contribution in [2.24, 2.45) is 0 Å². The van der Waals surface area contributed by atoms with Gasteiger partial charge in [0.25, 0.3) is 0 Å². The highest BCUT2D eigenvalue weighted by molar-refractivity contribution is 7.89. The molecule has 1 aromatic rings. The molecule has 8 heteroatoms. The summed E-state index contributed by atoms with van der Waals surface area (Å²) >= 11 is 0. The van der Waals surface area contributed by atoms with E-state index in [1.807, 2.05) is 0 Å². The lowest BCUT2D eigenvalue weighted by atomic mass is 10.3. The third-order valence-corrected chi connectivity index (χ3v) is 4.33. The number of nitrogens with zero attached hydrogens (tertiary/aromatic N) is 1. The SMILES string of the molecule is CCCS(=O)(=O)NC(C)C(=O)NCCCc1ncc[nH]1. The van der Waals surface area contributed by atoms with Gasteiger partial charge < -0.3 is 10.3 Å². The molecule has 0 aromatic carbocycles. The Morgan fingerprint density at radius 2 is 2.25 bits per heavy atom. The largest absolute Gasteiger partial charge is 0.355 e. The summed E-state index contributed by atoms with van der Waals surface area (Å²) in [6.45, 7) is 3.80. The molecule has 0 spiro atoms. The third-order valence-electron chi connectivity index (χ3n) is 2.67. The second kappa shape index (κ2) is 8.01. The van der Waals surface area contributed by atoms with Crippen LogP contribution in [-0.4, -0.2) is 42.6 Å². The first-order valence-electron chi connectivity index (χ1n) is 6.70. The summed E-state index contributed by atoms with van der Waals surface area (Å²) in [6, 6.07) is -0.754. The summed E-state index contributed by atoms with van der Waals surface area (Å²) in [5.41, 5.74) is 0. The van der Waals surface area contributed by atoms with Gasteiger partial charge in [-0.1, -0.05) is 6.92 Å². The van der Waals surface area contributed by atoms with Crippen molar-refractivity contribution >= 4 is 15.9 Å². The van der Waals surface area contributed by atoms with Gasteiger partial charge in [0.15, 0.2) is 0 Å². The molecule has 1 heterocycles. The van der Waals surface area contributed by atoms with Gasteiger partial charge in [-0.15, -0.1) is 0 Å². The molecule has 0 aliphatic carbocycles. The fourth-order valence-corrected chi connectivity index (χ4v) is 3.01. The number of imidazole rings is 1. The van der Waals surface area contributed by atoms with Gasteiger partial charge in [-0.3, -0.25) is 4.79 Å². The molecule has 1 atom stereocenters. The van der Waals surface area contributed by atoms with E-state index in [2.05, 4.69) is 20.0 Å². The lowest BCUT2D eigenvalue weighted by Gasteiger charge is -2.13. The number of nitrogens with one attached hydrogen (secondary N) is 3. The summed E-state index contributed by atoms with van der Waals surface area (Å²) in [7, 11) is -3.37. The average molecular weight is 302 g/mol. The molecule has 0 fully saturated rings. The van der Waals surface area contributed by atoms with E-state index >= 15 is 0 Å². The predicted octanol–water partition coefficient (Wildman–Crippen LogP) is 0.176. The van der Waals surface area contributed by atoms with Gasteiger partial charge in [0, 0.05) is 25.4 Å². The van der Waals surface area contributed by atoms with E-state index in [-0.39, 0.29) is 11.7 Å². The standard InChI is InChI=1S/C12H22N4O3S/c1-3-9-20(18,19)16-10(2)12(17)15-6-4-5-11-13-7-8-14-11/h7-8,10,16H,3-6,9H2,1-2H3,(H,13,14)(H,15,17). The van der Waals surface area contributed by atoms with Crippen molar-refractivity contribution in [1.82, 2.24) is 20.0 Å². The molecule has 1 amide bonds. The molecule has 0 aliphatic heterocycles. The molecule has 0 aliphatic rings. The summed E-state index contributed by atoms with van der Waals surface area (Å²) < 4.78 is 25.4. The van der Waals surface area contributed by atoms with Crippen molar-refractivity contribution in [2.75, 3.05) is 12.3 Å². The van der Waals surface area contributed by atoms with Crippen molar-refractivity contribution in [3.8, 4) is 0 Å². The van der Waals surface area contributed by atoms with Crippen LogP contribution in [0.2, 0.25) is 0 Å². The number of carbonyl (C=O) groups excluding carboxylic acids is 1. The Kier molecular flexibility index (Phi) is 6.66. The second-order valence-electron chi connectivity index (χ2n) is 4.59. The molecule has 0 bridgehead atoms. The van der Waals surface area contributed by atoms with Crippen molar-refractivity contribution in [2.45, 2.75) is 39.2 Å². The number of H-pyrrole nitrogens is 1. The summed E-state index contributed by atoms with van der Waals surface area (Å²) in [5.74, 6) is 0.586. The van der Waals surface area contributed by atoms with Crippen LogP contribution in [-0.2, 0) is 21.2 Å². The highest BCUT2D eigenvalue weighted by Crippen LogP contribution is 1.95. The van der Waals surface area contributed by atoms with Crippen LogP contribution in [0.25, 0.3) is 0 Å². The van der Waals surface area contributed by atoms with Gasteiger partial charge in [0.2, 0.25) is 15.9 Å². The van der Waals surface area contributed by atoms with Crippen LogP contribution in [0.3, 0.4) is 0 Å². The fourth-order valence-electron chi connectivity index (χ4n) is 1.71. The Labute approximate surface area is 119 Å². The molecule has 0 radical (unpaired) electrons. The quantitative estimate of drug-likeness (QED) is 0.566. The number of amides is 1. The minimum atomic E-state index is -3.37. The Hall–Kier alpha value is -1.41. The minimum absolute atomic E-state index is 0.0309. The zero-order chi connectivity index (χ0) is 15.0. The van der Waals surface area contributed by atoms with Crippen LogP contribution in [0, 0.1) is 0 Å². The molecule has 114 valence electrons. The lowest BCUT2D eigenvalue weighted by Crippen LogP contribution is -2.45. The van der Waals surface area contributed by atoms with Gasteiger partial charge >= 0.3 is 0 Å². The highest BCUT2D eigenvalue weighted by Gasteiger charge is 2.18. The number of aryl methyl sites for hydroxylation is 1. The van der Waals surface area contributed by atoms with Crippen molar-refractivity contribution < 1.29 is 13.2 Å². The Morgan fingerprint density at radius 1 is 1.50 bits per heavy atom. The molecule has 1 unspecified atom stereocenters. The van der Waals surface area contributed by atoms with Crippen LogP contribution in [0.15, 0.2) is 12.4 Å². The molecule has 7 nitrogen and oxygen atoms in total. The number of aromatic nitrogens is 2. The molecular formula is C12H22N4O3S. The minimum Gasteiger partial charge on any atom is -0.355 e. The monoisotopic (exact) mass is 302 g/mol. The topological polar surface area (TPSA) is 104 Å². The first-order chi connectivity index (χ1) is 9.44. The number of aromatic amines is 1.